The van der Waals surface area contributed by atoms with E-state index in [1.165, 1.54) is 12.0 Å². The average molecular weight is 509 g/mol. The zero-order valence-electron chi connectivity index (χ0n) is 21.2. The summed E-state index contributed by atoms with van der Waals surface area (Å²) in [6.07, 6.45) is 7.21. The number of fused-ring (bicyclic) bond motifs is 4. The van der Waals surface area contributed by atoms with E-state index in [9.17, 15) is 0 Å². The summed E-state index contributed by atoms with van der Waals surface area (Å²) in [6, 6.07) is 31.3. The molecule has 7 heteroatoms. The van der Waals surface area contributed by atoms with Crippen molar-refractivity contribution in [2.45, 2.75) is 24.8 Å². The molecule has 1 fully saturated rings. The smallest absolute Gasteiger partial charge is 0.321 e. The minimum Gasteiger partial charge on any atom is -0.321 e. The van der Waals surface area contributed by atoms with Crippen LogP contribution in [0.15, 0.2) is 103 Å². The molecule has 0 saturated heterocycles. The fraction of sp³-hybridized carbons (Fsp3) is 0.125. The molecule has 0 spiro atoms. The van der Waals surface area contributed by atoms with Crippen molar-refractivity contribution in [2.75, 3.05) is 0 Å². The molecule has 0 amide bonds. The number of aromatic nitrogens is 6. The molecule has 0 radical (unpaired) electrons. The largest absolute Gasteiger partial charge is 0.335 e. The van der Waals surface area contributed by atoms with Gasteiger partial charge in [-0.05, 0) is 60.7 Å². The van der Waals surface area contributed by atoms with E-state index in [1.807, 2.05) is 59.5 Å². The maximum Gasteiger partial charge on any atom is 0.335 e. The Balaban J connectivity index is 1.40. The number of nitrogens with two attached hydrogens (primary N) is 1. The monoisotopic (exact) mass is 508 g/mol. The summed E-state index contributed by atoms with van der Waals surface area (Å²) in [5.41, 5.74) is 14.3. The van der Waals surface area contributed by atoms with Gasteiger partial charge < -0.3 is 5.73 Å². The minimum absolute atomic E-state index is 0.209. The van der Waals surface area contributed by atoms with Crippen molar-refractivity contribution >= 4 is 27.5 Å². The number of nitrogens with zero attached hydrogens (tertiary/aromatic N) is 5. The quantitative estimate of drug-likeness (QED) is 0.298. The molecule has 7 aromatic rings. The van der Waals surface area contributed by atoms with Gasteiger partial charge in [0.25, 0.3) is 5.65 Å². The van der Waals surface area contributed by atoms with Crippen LogP contribution in [0.2, 0.25) is 0 Å². The third kappa shape index (κ3) is 3.40. The first-order chi connectivity index (χ1) is 19.2. The second-order valence-corrected chi connectivity index (χ2v) is 10.4. The van der Waals surface area contributed by atoms with Crippen molar-refractivity contribution in [3.63, 3.8) is 0 Å². The molecule has 1 saturated carbocycles. The molecule has 0 atom stereocenters. The summed E-state index contributed by atoms with van der Waals surface area (Å²) in [5, 5.41) is 15.1. The molecule has 0 unspecified atom stereocenters. The molecule has 1 aliphatic carbocycles. The highest BCUT2D eigenvalue weighted by molar-refractivity contribution is 5.94. The first-order valence-electron chi connectivity index (χ1n) is 13.3. The number of aromatic amines is 1. The van der Waals surface area contributed by atoms with Crippen LogP contribution in [0.25, 0.3) is 55.8 Å². The van der Waals surface area contributed by atoms with Crippen LogP contribution in [-0.4, -0.2) is 25.0 Å². The van der Waals surface area contributed by atoms with Gasteiger partial charge in [0, 0.05) is 22.7 Å². The highest BCUT2D eigenvalue weighted by Crippen LogP contribution is 2.39. The van der Waals surface area contributed by atoms with Crippen molar-refractivity contribution < 1.29 is 4.40 Å². The average Bonchev–Trinajstić information content (AvgIpc) is 3.58. The Bertz CT molecular complexity index is 2000. The Kier molecular flexibility index (Phi) is 4.72. The lowest BCUT2D eigenvalue weighted by Crippen LogP contribution is -2.43. The topological polar surface area (TPSA) is 89.5 Å². The number of hydrogen-bond donors (Lipinski definition) is 2. The van der Waals surface area contributed by atoms with Crippen LogP contribution < -0.4 is 10.1 Å². The van der Waals surface area contributed by atoms with Crippen molar-refractivity contribution in [2.24, 2.45) is 5.73 Å². The van der Waals surface area contributed by atoms with Crippen molar-refractivity contribution in [3.8, 4) is 28.3 Å². The Morgan fingerprint density at radius 1 is 0.846 bits per heavy atom. The summed E-state index contributed by atoms with van der Waals surface area (Å²) in [6.45, 7) is 0. The van der Waals surface area contributed by atoms with Crippen LogP contribution in [0, 0.1) is 0 Å². The van der Waals surface area contributed by atoms with Gasteiger partial charge in [-0.3, -0.25) is 10.1 Å². The predicted octanol–water partition coefficient (Wildman–Crippen LogP) is 5.71. The second-order valence-electron chi connectivity index (χ2n) is 10.4. The highest BCUT2D eigenvalue weighted by Gasteiger charge is 2.34. The third-order valence-electron chi connectivity index (χ3n) is 8.11. The van der Waals surface area contributed by atoms with Crippen LogP contribution in [0.4, 0.5) is 0 Å². The van der Waals surface area contributed by atoms with Crippen LogP contribution >= 0.6 is 0 Å². The number of hydrogen-bond acceptors (Lipinski definition) is 4. The Hall–Kier alpha value is -4.88. The molecular formula is C32H26N7+. The van der Waals surface area contributed by atoms with Gasteiger partial charge in [-0.25, -0.2) is 0 Å². The van der Waals surface area contributed by atoms with E-state index in [1.54, 1.807) is 0 Å². The molecule has 8 rings (SSSR count). The van der Waals surface area contributed by atoms with E-state index in [0.717, 1.165) is 68.6 Å². The van der Waals surface area contributed by atoms with Gasteiger partial charge in [-0.2, -0.15) is 9.50 Å². The molecule has 188 valence electrons. The molecule has 3 N–H and O–H groups in total. The molecular weight excluding hydrogens is 482 g/mol. The fourth-order valence-electron chi connectivity index (χ4n) is 5.75. The van der Waals surface area contributed by atoms with Crippen molar-refractivity contribution in [1.82, 2.24) is 25.0 Å². The first kappa shape index (κ1) is 22.1. The number of benzene rings is 3. The molecule has 3 aromatic carbocycles. The molecule has 7 nitrogen and oxygen atoms in total. The lowest BCUT2D eigenvalue weighted by molar-refractivity contribution is -0.498. The van der Waals surface area contributed by atoms with Gasteiger partial charge in [0.1, 0.15) is 5.69 Å². The van der Waals surface area contributed by atoms with Crippen LogP contribution in [0.5, 0.6) is 0 Å². The lowest BCUT2D eigenvalue weighted by atomic mass is 9.73. The summed E-state index contributed by atoms with van der Waals surface area (Å²) in [7, 11) is 0. The number of pyridine rings is 2. The minimum atomic E-state index is -0.209. The van der Waals surface area contributed by atoms with E-state index >= 15 is 0 Å². The van der Waals surface area contributed by atoms with Gasteiger partial charge >= 0.3 is 5.82 Å². The number of rotatable bonds is 4. The molecule has 39 heavy (non-hydrogen) atoms. The van der Waals surface area contributed by atoms with Gasteiger partial charge in [0.2, 0.25) is 0 Å². The third-order valence-corrected chi connectivity index (χ3v) is 8.11. The van der Waals surface area contributed by atoms with E-state index in [-0.39, 0.29) is 5.54 Å². The Labute approximate surface area is 224 Å². The molecule has 1 aliphatic rings. The molecule has 0 aliphatic heterocycles. The number of H-pyrrole nitrogens is 1. The van der Waals surface area contributed by atoms with Crippen LogP contribution in [0.1, 0.15) is 24.8 Å². The van der Waals surface area contributed by atoms with Gasteiger partial charge in [0.05, 0.1) is 27.7 Å². The fourth-order valence-corrected chi connectivity index (χ4v) is 5.75. The molecule has 0 bridgehead atoms. The summed E-state index contributed by atoms with van der Waals surface area (Å²) in [5.74, 6) is 0.757. The number of nitrogens with one attached hydrogen (secondary N) is 1. The number of para-hydroxylation sites is 1. The Morgan fingerprint density at radius 2 is 1.64 bits per heavy atom. The zero-order chi connectivity index (χ0) is 26.0. The summed E-state index contributed by atoms with van der Waals surface area (Å²) in [4.78, 5) is 4.84. The van der Waals surface area contributed by atoms with Gasteiger partial charge in [0.15, 0.2) is 5.69 Å². The first-order valence-corrected chi connectivity index (χ1v) is 13.3. The standard InChI is InChI=1S/C32H26N7/c33-32(16-6-17-32)23-11-13-24(14-12-23)39-31-26-19-22(21-7-2-1-3-8-21)20-34-27(26)15-18-38(31)30(37-39)29-25-9-4-5-10-28(25)35-36-29/h1-5,7-15,18-20H,6,16-17,33H2,(H,35,36)/q+1. The normalized spacial score (nSPS) is 14.7. The summed E-state index contributed by atoms with van der Waals surface area (Å²) < 4.78 is 4.12. The summed E-state index contributed by atoms with van der Waals surface area (Å²) >= 11 is 0. The van der Waals surface area contributed by atoms with Crippen LogP contribution in [0.3, 0.4) is 0 Å². The second kappa shape index (κ2) is 8.31. The molecule has 4 heterocycles. The Morgan fingerprint density at radius 3 is 2.44 bits per heavy atom. The van der Waals surface area contributed by atoms with E-state index in [4.69, 9.17) is 15.8 Å². The van der Waals surface area contributed by atoms with E-state index in [2.05, 4.69) is 63.1 Å². The zero-order valence-corrected chi connectivity index (χ0v) is 21.2. The SMILES string of the molecule is NC1(c2ccc(-n3nc(-c4n[nH]c5ccccc45)[n+]4ccc5ncc(-c6ccccc6)cc5c34)cc2)CCC1. The maximum absolute atomic E-state index is 6.62. The van der Waals surface area contributed by atoms with Gasteiger partial charge in [-0.1, -0.05) is 65.3 Å². The predicted molar refractivity (Wildman–Crippen MR) is 152 cm³/mol. The van der Waals surface area contributed by atoms with E-state index in [0.29, 0.717) is 0 Å². The maximum atomic E-state index is 6.62. The van der Waals surface area contributed by atoms with Crippen molar-refractivity contribution in [1.29, 1.82) is 0 Å². The van der Waals surface area contributed by atoms with Crippen LogP contribution in [-0.2, 0) is 5.54 Å². The highest BCUT2D eigenvalue weighted by atomic mass is 15.4. The molecule has 4 aromatic heterocycles. The lowest BCUT2D eigenvalue weighted by Gasteiger charge is -2.38. The van der Waals surface area contributed by atoms with E-state index < -0.39 is 0 Å². The van der Waals surface area contributed by atoms with Gasteiger partial charge in [-0.15, -0.1) is 0 Å². The van der Waals surface area contributed by atoms with Crippen molar-refractivity contribution in [3.05, 3.63) is 109 Å².